The fourth-order valence-corrected chi connectivity index (χ4v) is 3.62. The number of benzene rings is 2. The Kier molecular flexibility index (Phi) is 6.45. The number of likely N-dealkylation sites (N-methyl/N-ethyl adjacent to an activating group) is 1. The van der Waals surface area contributed by atoms with Crippen molar-refractivity contribution in [3.05, 3.63) is 66.0 Å². The van der Waals surface area contributed by atoms with Crippen LogP contribution in [0, 0.1) is 5.82 Å². The summed E-state index contributed by atoms with van der Waals surface area (Å²) in [5.74, 6) is -0.0646. The molecule has 5 heteroatoms. The molecule has 2 aromatic rings. The Morgan fingerprint density at radius 1 is 1.04 bits per heavy atom. The Hall–Kier alpha value is -2.40. The predicted molar refractivity (Wildman–Crippen MR) is 107 cm³/mol. The number of anilines is 1. The highest BCUT2D eigenvalue weighted by Crippen LogP contribution is 2.24. The van der Waals surface area contributed by atoms with Crippen molar-refractivity contribution in [3.8, 4) is 0 Å². The number of carbonyl (C=O) groups is 1. The standard InChI is InChI=1S/C22H28FN3O/c1-3-24(2)21(18-8-5-4-6-9-18)22(27)26-15-7-14-25(16-17-26)20-12-10-19(23)11-13-20/h4-6,8-13,21H,3,7,14-17H2,1-2H3. The van der Waals surface area contributed by atoms with Gasteiger partial charge in [-0.05, 0) is 49.8 Å². The molecule has 0 spiro atoms. The van der Waals surface area contributed by atoms with Gasteiger partial charge in [0.15, 0.2) is 0 Å². The lowest BCUT2D eigenvalue weighted by molar-refractivity contribution is -0.136. The first kappa shape index (κ1) is 19.4. The first-order valence-electron chi connectivity index (χ1n) is 9.64. The van der Waals surface area contributed by atoms with Crippen LogP contribution in [-0.2, 0) is 4.79 Å². The molecule has 1 atom stereocenters. The number of carbonyl (C=O) groups excluding carboxylic acids is 1. The topological polar surface area (TPSA) is 26.8 Å². The summed E-state index contributed by atoms with van der Waals surface area (Å²) >= 11 is 0. The molecule has 0 radical (unpaired) electrons. The maximum atomic E-state index is 13.4. The molecule has 0 aliphatic carbocycles. The highest BCUT2D eigenvalue weighted by atomic mass is 19.1. The molecule has 1 unspecified atom stereocenters. The summed E-state index contributed by atoms with van der Waals surface area (Å²) in [6.07, 6.45) is 0.903. The summed E-state index contributed by atoms with van der Waals surface area (Å²) in [6, 6.07) is 16.3. The molecule has 2 aromatic carbocycles. The Labute approximate surface area is 161 Å². The Balaban J connectivity index is 1.73. The minimum Gasteiger partial charge on any atom is -0.370 e. The largest absolute Gasteiger partial charge is 0.370 e. The molecule has 4 nitrogen and oxygen atoms in total. The van der Waals surface area contributed by atoms with E-state index >= 15 is 0 Å². The SMILES string of the molecule is CCN(C)C(C(=O)N1CCCN(c2ccc(F)cc2)CC1)c1ccccc1. The first-order chi connectivity index (χ1) is 13.1. The average Bonchev–Trinajstić information content (AvgIpc) is 2.95. The molecule has 0 N–H and O–H groups in total. The highest BCUT2D eigenvalue weighted by molar-refractivity contribution is 5.83. The monoisotopic (exact) mass is 369 g/mol. The van der Waals surface area contributed by atoms with Crippen molar-refractivity contribution in [2.75, 3.05) is 44.7 Å². The summed E-state index contributed by atoms with van der Waals surface area (Å²) in [5, 5.41) is 0. The van der Waals surface area contributed by atoms with Crippen molar-refractivity contribution in [3.63, 3.8) is 0 Å². The van der Waals surface area contributed by atoms with Gasteiger partial charge in [0.05, 0.1) is 0 Å². The van der Waals surface area contributed by atoms with E-state index in [0.717, 1.165) is 43.9 Å². The second-order valence-electron chi connectivity index (χ2n) is 7.03. The van der Waals surface area contributed by atoms with Crippen LogP contribution in [-0.4, -0.2) is 55.5 Å². The molecule has 1 amide bonds. The number of rotatable bonds is 5. The Morgan fingerprint density at radius 2 is 1.74 bits per heavy atom. The molecule has 144 valence electrons. The lowest BCUT2D eigenvalue weighted by Gasteiger charge is -2.32. The molecule has 1 aliphatic heterocycles. The van der Waals surface area contributed by atoms with E-state index in [4.69, 9.17) is 0 Å². The number of hydrogen-bond donors (Lipinski definition) is 0. The van der Waals surface area contributed by atoms with Crippen LogP contribution in [0.1, 0.15) is 24.9 Å². The van der Waals surface area contributed by atoms with E-state index in [1.54, 1.807) is 0 Å². The van der Waals surface area contributed by atoms with Gasteiger partial charge in [-0.15, -0.1) is 0 Å². The average molecular weight is 369 g/mol. The van der Waals surface area contributed by atoms with E-state index in [0.29, 0.717) is 6.54 Å². The Bertz CT molecular complexity index is 735. The molecule has 0 saturated carbocycles. The molecule has 1 aliphatic rings. The van der Waals surface area contributed by atoms with Crippen LogP contribution in [0.15, 0.2) is 54.6 Å². The maximum absolute atomic E-state index is 13.4. The smallest absolute Gasteiger partial charge is 0.244 e. The van der Waals surface area contributed by atoms with Crippen LogP contribution in [0.25, 0.3) is 0 Å². The van der Waals surface area contributed by atoms with E-state index in [9.17, 15) is 9.18 Å². The van der Waals surface area contributed by atoms with E-state index in [-0.39, 0.29) is 17.8 Å². The second-order valence-corrected chi connectivity index (χ2v) is 7.03. The zero-order valence-corrected chi connectivity index (χ0v) is 16.1. The van der Waals surface area contributed by atoms with Crippen LogP contribution in [0.5, 0.6) is 0 Å². The van der Waals surface area contributed by atoms with E-state index in [2.05, 4.69) is 16.7 Å². The zero-order chi connectivity index (χ0) is 19.2. The fourth-order valence-electron chi connectivity index (χ4n) is 3.62. The summed E-state index contributed by atoms with van der Waals surface area (Å²) < 4.78 is 13.2. The third-order valence-corrected chi connectivity index (χ3v) is 5.29. The van der Waals surface area contributed by atoms with Gasteiger partial charge in [0.25, 0.3) is 0 Å². The van der Waals surface area contributed by atoms with Crippen molar-refractivity contribution in [2.24, 2.45) is 0 Å². The van der Waals surface area contributed by atoms with Gasteiger partial charge >= 0.3 is 0 Å². The molecular weight excluding hydrogens is 341 g/mol. The third-order valence-electron chi connectivity index (χ3n) is 5.29. The van der Waals surface area contributed by atoms with Crippen LogP contribution in [0.3, 0.4) is 0 Å². The van der Waals surface area contributed by atoms with Gasteiger partial charge in [-0.3, -0.25) is 9.69 Å². The summed E-state index contributed by atoms with van der Waals surface area (Å²) in [4.78, 5) is 19.7. The molecule has 1 saturated heterocycles. The van der Waals surface area contributed by atoms with E-state index in [1.807, 2.05) is 54.4 Å². The molecule has 0 bridgehead atoms. The maximum Gasteiger partial charge on any atom is 0.244 e. The minimum absolute atomic E-state index is 0.159. The summed E-state index contributed by atoms with van der Waals surface area (Å²) in [5.41, 5.74) is 2.04. The predicted octanol–water partition coefficient (Wildman–Crippen LogP) is 3.56. The van der Waals surface area contributed by atoms with Crippen molar-refractivity contribution in [1.82, 2.24) is 9.80 Å². The van der Waals surface area contributed by atoms with Crippen LogP contribution in [0.4, 0.5) is 10.1 Å². The van der Waals surface area contributed by atoms with Crippen molar-refractivity contribution in [1.29, 1.82) is 0 Å². The number of hydrogen-bond acceptors (Lipinski definition) is 3. The molecule has 1 fully saturated rings. The van der Waals surface area contributed by atoms with Crippen LogP contribution < -0.4 is 4.90 Å². The van der Waals surface area contributed by atoms with Gasteiger partial charge in [-0.1, -0.05) is 37.3 Å². The van der Waals surface area contributed by atoms with Gasteiger partial charge in [0.1, 0.15) is 11.9 Å². The lowest BCUT2D eigenvalue weighted by Crippen LogP contribution is -2.43. The van der Waals surface area contributed by atoms with E-state index in [1.165, 1.54) is 12.1 Å². The fraction of sp³-hybridized carbons (Fsp3) is 0.409. The minimum atomic E-state index is -0.256. The van der Waals surface area contributed by atoms with Crippen molar-refractivity contribution >= 4 is 11.6 Å². The molecule has 3 rings (SSSR count). The van der Waals surface area contributed by atoms with Crippen molar-refractivity contribution < 1.29 is 9.18 Å². The van der Waals surface area contributed by atoms with E-state index < -0.39 is 0 Å². The second kappa shape index (κ2) is 9.00. The van der Waals surface area contributed by atoms with Crippen LogP contribution in [0.2, 0.25) is 0 Å². The lowest BCUT2D eigenvalue weighted by atomic mass is 10.0. The Morgan fingerprint density at radius 3 is 2.41 bits per heavy atom. The summed E-state index contributed by atoms with van der Waals surface area (Å²) in [7, 11) is 2.00. The number of halogens is 1. The molecule has 27 heavy (non-hydrogen) atoms. The number of nitrogens with zero attached hydrogens (tertiary/aromatic N) is 3. The van der Waals surface area contributed by atoms with Gasteiger partial charge in [0.2, 0.25) is 5.91 Å². The van der Waals surface area contributed by atoms with Crippen LogP contribution >= 0.6 is 0 Å². The quantitative estimate of drug-likeness (QED) is 0.806. The van der Waals surface area contributed by atoms with Gasteiger partial charge in [0, 0.05) is 31.9 Å². The molecule has 0 aromatic heterocycles. The zero-order valence-electron chi connectivity index (χ0n) is 16.1. The molecular formula is C22H28FN3O. The third kappa shape index (κ3) is 4.66. The first-order valence-corrected chi connectivity index (χ1v) is 9.64. The molecule has 1 heterocycles. The van der Waals surface area contributed by atoms with Gasteiger partial charge in [-0.2, -0.15) is 0 Å². The highest BCUT2D eigenvalue weighted by Gasteiger charge is 2.29. The number of amides is 1. The van der Waals surface area contributed by atoms with Crippen molar-refractivity contribution in [2.45, 2.75) is 19.4 Å². The van der Waals surface area contributed by atoms with Gasteiger partial charge < -0.3 is 9.80 Å². The van der Waals surface area contributed by atoms with Gasteiger partial charge in [-0.25, -0.2) is 4.39 Å². The summed E-state index contributed by atoms with van der Waals surface area (Å²) in [6.45, 7) is 5.93. The normalized spacial score (nSPS) is 16.3.